The molecule has 0 aliphatic rings. The molecule has 1 heterocycles. The molecule has 0 radical (unpaired) electrons. The van der Waals surface area contributed by atoms with Crippen molar-refractivity contribution in [1.82, 2.24) is 19.8 Å². The largest absolute Gasteiger partial charge is 0.496 e. The van der Waals surface area contributed by atoms with Gasteiger partial charge in [-0.1, -0.05) is 53.7 Å². The first kappa shape index (κ1) is 20.0. The van der Waals surface area contributed by atoms with Crippen molar-refractivity contribution < 1.29 is 9.53 Å². The van der Waals surface area contributed by atoms with Crippen molar-refractivity contribution in [3.8, 4) is 17.1 Å². The van der Waals surface area contributed by atoms with Crippen LogP contribution in [0.25, 0.3) is 11.4 Å². The van der Waals surface area contributed by atoms with E-state index in [0.717, 1.165) is 16.9 Å². The van der Waals surface area contributed by atoms with Crippen LogP contribution in [0.5, 0.6) is 5.75 Å². The first-order valence-electron chi connectivity index (χ1n) is 8.44. The Hall–Kier alpha value is -2.71. The van der Waals surface area contributed by atoms with Gasteiger partial charge >= 0.3 is 0 Å². The summed E-state index contributed by atoms with van der Waals surface area (Å²) in [5.41, 5.74) is 1.70. The third-order valence-electron chi connectivity index (χ3n) is 4.10. The highest BCUT2D eigenvalue weighted by Crippen LogP contribution is 2.24. The molecule has 1 aromatic heterocycles. The summed E-state index contributed by atoms with van der Waals surface area (Å²) < 4.78 is 6.70. The minimum atomic E-state index is -0.0526. The van der Waals surface area contributed by atoms with E-state index < -0.39 is 0 Å². The average Bonchev–Trinajstić information content (AvgIpc) is 3.07. The Morgan fingerprint density at radius 1 is 1.25 bits per heavy atom. The SMILES string of the molecule is COc1ccccc1CN(C)C(=O)CSc1nnc(-c2cccc(Cl)c2)n1N. The predicted molar refractivity (Wildman–Crippen MR) is 111 cm³/mol. The number of halogens is 1. The minimum absolute atomic E-state index is 0.0526. The maximum absolute atomic E-state index is 12.5. The topological polar surface area (TPSA) is 86.3 Å². The maximum Gasteiger partial charge on any atom is 0.233 e. The van der Waals surface area contributed by atoms with Gasteiger partial charge in [-0.3, -0.25) is 4.79 Å². The lowest BCUT2D eigenvalue weighted by Crippen LogP contribution is -2.28. The highest BCUT2D eigenvalue weighted by Gasteiger charge is 2.16. The highest BCUT2D eigenvalue weighted by atomic mass is 35.5. The van der Waals surface area contributed by atoms with Crippen LogP contribution in [0.1, 0.15) is 5.56 Å². The van der Waals surface area contributed by atoms with E-state index >= 15 is 0 Å². The first-order chi connectivity index (χ1) is 13.5. The van der Waals surface area contributed by atoms with Crippen LogP contribution in [0.15, 0.2) is 53.7 Å². The van der Waals surface area contributed by atoms with Crippen LogP contribution in [0.2, 0.25) is 5.02 Å². The zero-order valence-electron chi connectivity index (χ0n) is 15.5. The molecule has 0 saturated carbocycles. The van der Waals surface area contributed by atoms with Gasteiger partial charge in [-0.2, -0.15) is 0 Å². The minimum Gasteiger partial charge on any atom is -0.496 e. The molecule has 2 aromatic carbocycles. The maximum atomic E-state index is 12.5. The van der Waals surface area contributed by atoms with Crippen molar-refractivity contribution >= 4 is 29.3 Å². The van der Waals surface area contributed by atoms with E-state index in [-0.39, 0.29) is 11.7 Å². The quantitative estimate of drug-likeness (QED) is 0.469. The van der Waals surface area contributed by atoms with E-state index in [2.05, 4.69) is 10.2 Å². The summed E-state index contributed by atoms with van der Waals surface area (Å²) in [6, 6.07) is 14.8. The van der Waals surface area contributed by atoms with E-state index in [4.69, 9.17) is 22.2 Å². The number of hydrogen-bond acceptors (Lipinski definition) is 6. The van der Waals surface area contributed by atoms with Crippen LogP contribution >= 0.6 is 23.4 Å². The Balaban J connectivity index is 1.63. The number of rotatable bonds is 7. The summed E-state index contributed by atoms with van der Waals surface area (Å²) in [5.74, 6) is 7.47. The monoisotopic (exact) mass is 417 g/mol. The molecular formula is C19H20ClN5O2S. The van der Waals surface area contributed by atoms with Gasteiger partial charge in [0.25, 0.3) is 0 Å². The normalized spacial score (nSPS) is 10.7. The number of hydrogen-bond donors (Lipinski definition) is 1. The number of nitrogens with two attached hydrogens (primary N) is 1. The van der Waals surface area contributed by atoms with Crippen LogP contribution in [0.4, 0.5) is 0 Å². The second-order valence-electron chi connectivity index (χ2n) is 6.04. The van der Waals surface area contributed by atoms with E-state index in [1.54, 1.807) is 31.2 Å². The van der Waals surface area contributed by atoms with Crippen LogP contribution < -0.4 is 10.6 Å². The zero-order chi connectivity index (χ0) is 20.1. The Morgan fingerprint density at radius 3 is 2.79 bits per heavy atom. The number of nitrogens with zero attached hydrogens (tertiary/aromatic N) is 4. The van der Waals surface area contributed by atoms with Crippen molar-refractivity contribution in [2.24, 2.45) is 0 Å². The lowest BCUT2D eigenvalue weighted by atomic mass is 10.2. The molecule has 146 valence electrons. The molecule has 1 amide bonds. The molecule has 0 aliphatic carbocycles. The predicted octanol–water partition coefficient (Wildman–Crippen LogP) is 3.07. The third-order valence-corrected chi connectivity index (χ3v) is 5.26. The van der Waals surface area contributed by atoms with Gasteiger partial charge in [0.05, 0.1) is 12.9 Å². The second-order valence-corrected chi connectivity index (χ2v) is 7.42. The smallest absolute Gasteiger partial charge is 0.233 e. The van der Waals surface area contributed by atoms with Crippen LogP contribution in [-0.2, 0) is 11.3 Å². The number of amides is 1. The van der Waals surface area contributed by atoms with Crippen LogP contribution in [0.3, 0.4) is 0 Å². The van der Waals surface area contributed by atoms with Gasteiger partial charge in [-0.25, -0.2) is 4.68 Å². The Bertz CT molecular complexity index is 978. The molecule has 9 heteroatoms. The molecule has 0 unspecified atom stereocenters. The van der Waals surface area contributed by atoms with E-state index in [0.29, 0.717) is 22.5 Å². The Kier molecular flexibility index (Phi) is 6.43. The molecule has 0 saturated heterocycles. The molecule has 28 heavy (non-hydrogen) atoms. The summed E-state index contributed by atoms with van der Waals surface area (Å²) in [7, 11) is 3.36. The summed E-state index contributed by atoms with van der Waals surface area (Å²) in [5, 5.41) is 9.23. The molecule has 0 aliphatic heterocycles. The fourth-order valence-corrected chi connectivity index (χ4v) is 3.60. The van der Waals surface area contributed by atoms with Crippen molar-refractivity contribution in [2.45, 2.75) is 11.7 Å². The summed E-state index contributed by atoms with van der Waals surface area (Å²) in [6.07, 6.45) is 0. The Morgan fingerprint density at radius 2 is 2.04 bits per heavy atom. The zero-order valence-corrected chi connectivity index (χ0v) is 17.1. The number of nitrogen functional groups attached to an aromatic ring is 1. The van der Waals surface area contributed by atoms with E-state index in [1.165, 1.54) is 16.4 Å². The van der Waals surface area contributed by atoms with E-state index in [9.17, 15) is 4.79 Å². The van der Waals surface area contributed by atoms with Gasteiger partial charge in [-0.15, -0.1) is 10.2 Å². The van der Waals surface area contributed by atoms with Gasteiger partial charge in [-0.05, 0) is 18.2 Å². The number of benzene rings is 2. The Labute approximate surface area is 172 Å². The van der Waals surface area contributed by atoms with Gasteiger partial charge in [0.1, 0.15) is 5.75 Å². The first-order valence-corrected chi connectivity index (χ1v) is 9.81. The van der Waals surface area contributed by atoms with Crippen LogP contribution in [0, 0.1) is 0 Å². The number of ether oxygens (including phenoxy) is 1. The molecule has 0 atom stereocenters. The molecule has 3 rings (SSSR count). The highest BCUT2D eigenvalue weighted by molar-refractivity contribution is 7.99. The van der Waals surface area contributed by atoms with Crippen molar-refractivity contribution in [3.63, 3.8) is 0 Å². The lowest BCUT2D eigenvalue weighted by molar-refractivity contribution is -0.127. The molecule has 2 N–H and O–H groups in total. The fourth-order valence-electron chi connectivity index (χ4n) is 2.61. The second kappa shape index (κ2) is 8.99. The average molecular weight is 418 g/mol. The summed E-state index contributed by atoms with van der Waals surface area (Å²) >= 11 is 7.25. The molecule has 3 aromatic rings. The number of aromatic nitrogens is 3. The number of carbonyl (C=O) groups excluding carboxylic acids is 1. The molecule has 7 nitrogen and oxygen atoms in total. The van der Waals surface area contributed by atoms with Gasteiger partial charge in [0.2, 0.25) is 11.1 Å². The third kappa shape index (κ3) is 4.58. The number of carbonyl (C=O) groups is 1. The van der Waals surface area contributed by atoms with Crippen molar-refractivity contribution in [1.29, 1.82) is 0 Å². The van der Waals surface area contributed by atoms with Crippen molar-refractivity contribution in [2.75, 3.05) is 25.8 Å². The summed E-state index contributed by atoms with van der Waals surface area (Å²) in [6.45, 7) is 0.451. The molecular weight excluding hydrogens is 398 g/mol. The van der Waals surface area contributed by atoms with Gasteiger partial charge in [0.15, 0.2) is 5.82 Å². The van der Waals surface area contributed by atoms with Gasteiger partial charge < -0.3 is 15.5 Å². The number of methoxy groups -OCH3 is 1. The van der Waals surface area contributed by atoms with E-state index in [1.807, 2.05) is 36.4 Å². The molecule has 0 bridgehead atoms. The number of para-hydroxylation sites is 1. The van der Waals surface area contributed by atoms with Gasteiger partial charge in [0, 0.05) is 29.7 Å². The lowest BCUT2D eigenvalue weighted by Gasteiger charge is -2.18. The van der Waals surface area contributed by atoms with Crippen LogP contribution in [-0.4, -0.2) is 45.6 Å². The summed E-state index contributed by atoms with van der Waals surface area (Å²) in [4.78, 5) is 14.1. The molecule has 0 fully saturated rings. The standard InChI is InChI=1S/C19H20ClN5O2S/c1-24(11-14-6-3-4-9-16(14)27-2)17(26)12-28-19-23-22-18(25(19)21)13-7-5-8-15(20)10-13/h3-10H,11-12,21H2,1-2H3. The number of thioether (sulfide) groups is 1. The fraction of sp³-hybridized carbons (Fsp3) is 0.211. The van der Waals surface area contributed by atoms with Crippen molar-refractivity contribution in [3.05, 3.63) is 59.1 Å². The molecule has 0 spiro atoms.